The number of carboxylic acids is 2. The summed E-state index contributed by atoms with van der Waals surface area (Å²) in [6.07, 6.45) is -2.42. The summed E-state index contributed by atoms with van der Waals surface area (Å²) < 4.78 is 4.18. The van der Waals surface area contributed by atoms with Crippen molar-refractivity contribution in [1.82, 2.24) is 0 Å². The van der Waals surface area contributed by atoms with Gasteiger partial charge in [-0.05, 0) is 0 Å². The van der Waals surface area contributed by atoms with Gasteiger partial charge in [-0.25, -0.2) is 4.79 Å². The normalized spacial score (nSPS) is 28.4. The Labute approximate surface area is 78.3 Å². The summed E-state index contributed by atoms with van der Waals surface area (Å²) in [5.41, 5.74) is 0. The first-order chi connectivity index (χ1) is 4.13. The number of carboxylic acid groups (broad SMARTS) is 2. The van der Waals surface area contributed by atoms with Crippen molar-refractivity contribution in [1.29, 1.82) is 0 Å². The summed E-state index contributed by atoms with van der Waals surface area (Å²) in [7, 11) is 0. The average molecular weight is 154 g/mol. The van der Waals surface area contributed by atoms with Gasteiger partial charge in [0.05, 0.1) is 5.97 Å². The van der Waals surface area contributed by atoms with E-state index in [-0.39, 0.29) is 29.6 Å². The molecule has 6 heteroatoms. The fraction of sp³-hybridized carbons (Fsp3) is 0.500. The fourth-order valence-electron chi connectivity index (χ4n) is 0.479. The Hall–Kier alpha value is -0.100. The quantitative estimate of drug-likeness (QED) is 0.316. The van der Waals surface area contributed by atoms with Crippen molar-refractivity contribution in [3.8, 4) is 0 Å². The molecule has 0 aromatic carbocycles. The molecule has 1 aliphatic rings. The van der Waals surface area contributed by atoms with Crippen molar-refractivity contribution in [3.63, 3.8) is 0 Å². The summed E-state index contributed by atoms with van der Waals surface area (Å²) in [4.78, 5) is 19.6. The van der Waals surface area contributed by atoms with Crippen LogP contribution in [0, 0.1) is 0 Å². The second-order valence-electron chi connectivity index (χ2n) is 1.63. The molecule has 1 heterocycles. The van der Waals surface area contributed by atoms with Crippen LogP contribution in [0.15, 0.2) is 0 Å². The standard InChI is InChI=1S/C4H4O5.Na/c5-3(6)1-2(9-1)4(7)8;/h1-2H,(H,5,6)(H,7,8);/q;+1/p-1. The SMILES string of the molecule is O=C([O-])C1OC1C(=O)O.[Na+]. The van der Waals surface area contributed by atoms with Gasteiger partial charge in [-0.3, -0.25) is 0 Å². The minimum Gasteiger partial charge on any atom is -0.547 e. The van der Waals surface area contributed by atoms with Gasteiger partial charge in [-0.1, -0.05) is 0 Å². The number of epoxide rings is 1. The van der Waals surface area contributed by atoms with Crippen molar-refractivity contribution in [2.24, 2.45) is 0 Å². The zero-order valence-corrected chi connectivity index (χ0v) is 7.23. The fourth-order valence-corrected chi connectivity index (χ4v) is 0.479. The Kier molecular flexibility index (Phi) is 3.30. The van der Waals surface area contributed by atoms with Gasteiger partial charge in [0.2, 0.25) is 0 Å². The van der Waals surface area contributed by atoms with Gasteiger partial charge in [-0.2, -0.15) is 0 Å². The van der Waals surface area contributed by atoms with Crippen molar-refractivity contribution in [2.75, 3.05) is 0 Å². The minimum atomic E-state index is -1.47. The molecule has 2 unspecified atom stereocenters. The Balaban J connectivity index is 0.000000810. The van der Waals surface area contributed by atoms with Crippen molar-refractivity contribution in [2.45, 2.75) is 12.2 Å². The molecule has 1 saturated heterocycles. The van der Waals surface area contributed by atoms with Gasteiger partial charge < -0.3 is 19.7 Å². The summed E-state index contributed by atoms with van der Waals surface area (Å²) >= 11 is 0. The zero-order valence-electron chi connectivity index (χ0n) is 5.23. The largest absolute Gasteiger partial charge is 1.00 e. The molecule has 50 valence electrons. The third-order valence-electron chi connectivity index (χ3n) is 0.967. The third-order valence-corrected chi connectivity index (χ3v) is 0.967. The maximum Gasteiger partial charge on any atom is 1.00 e. The Morgan fingerprint density at radius 1 is 1.40 bits per heavy atom. The predicted molar refractivity (Wildman–Crippen MR) is 21.3 cm³/mol. The van der Waals surface area contributed by atoms with Crippen LogP contribution < -0.4 is 34.7 Å². The van der Waals surface area contributed by atoms with Crippen LogP contribution in [0.5, 0.6) is 0 Å². The number of aliphatic carboxylic acids is 2. The van der Waals surface area contributed by atoms with Crippen molar-refractivity contribution < 1.29 is 54.1 Å². The van der Waals surface area contributed by atoms with Crippen LogP contribution in [0.4, 0.5) is 0 Å². The monoisotopic (exact) mass is 154 g/mol. The van der Waals surface area contributed by atoms with Crippen LogP contribution in [0.3, 0.4) is 0 Å². The first-order valence-electron chi connectivity index (χ1n) is 2.22. The van der Waals surface area contributed by atoms with Crippen LogP contribution in [0.25, 0.3) is 0 Å². The van der Waals surface area contributed by atoms with E-state index in [1.807, 2.05) is 0 Å². The van der Waals surface area contributed by atoms with Crippen LogP contribution in [0.1, 0.15) is 0 Å². The predicted octanol–water partition coefficient (Wildman–Crippen LogP) is -5.41. The summed E-state index contributed by atoms with van der Waals surface area (Å²) in [5.74, 6) is -2.73. The van der Waals surface area contributed by atoms with E-state index in [2.05, 4.69) is 4.74 Å². The van der Waals surface area contributed by atoms with Crippen molar-refractivity contribution >= 4 is 11.9 Å². The Morgan fingerprint density at radius 2 is 1.90 bits per heavy atom. The zero-order chi connectivity index (χ0) is 7.02. The van der Waals surface area contributed by atoms with E-state index in [0.717, 1.165) is 0 Å². The minimum absolute atomic E-state index is 0. The molecule has 0 saturated carbocycles. The van der Waals surface area contributed by atoms with Gasteiger partial charge in [0.1, 0.15) is 6.10 Å². The van der Waals surface area contributed by atoms with Gasteiger partial charge in [0.15, 0.2) is 6.10 Å². The maximum atomic E-state index is 9.86. The van der Waals surface area contributed by atoms with Crippen LogP contribution in [-0.2, 0) is 14.3 Å². The van der Waals surface area contributed by atoms with Gasteiger partial charge in [0, 0.05) is 0 Å². The van der Waals surface area contributed by atoms with E-state index in [1.54, 1.807) is 0 Å². The second kappa shape index (κ2) is 3.34. The Bertz CT molecular complexity index is 149. The van der Waals surface area contributed by atoms with E-state index in [0.29, 0.717) is 0 Å². The van der Waals surface area contributed by atoms with Crippen LogP contribution in [0.2, 0.25) is 0 Å². The molecule has 0 aliphatic carbocycles. The molecular weight excluding hydrogens is 151 g/mol. The number of rotatable bonds is 2. The molecule has 10 heavy (non-hydrogen) atoms. The smallest absolute Gasteiger partial charge is 0.547 e. The molecular formula is C4H3NaO5. The first kappa shape index (κ1) is 9.90. The van der Waals surface area contributed by atoms with Gasteiger partial charge in [0.25, 0.3) is 0 Å². The average Bonchev–Trinajstić information content (AvgIpc) is 2.39. The van der Waals surface area contributed by atoms with E-state index in [9.17, 15) is 14.7 Å². The van der Waals surface area contributed by atoms with Crippen LogP contribution in [-0.4, -0.2) is 29.3 Å². The molecule has 1 fully saturated rings. The number of hydrogen-bond donors (Lipinski definition) is 1. The second-order valence-corrected chi connectivity index (χ2v) is 1.63. The molecule has 1 N–H and O–H groups in total. The summed E-state index contributed by atoms with van der Waals surface area (Å²) in [5, 5.41) is 17.8. The molecule has 0 radical (unpaired) electrons. The molecule has 5 nitrogen and oxygen atoms in total. The van der Waals surface area contributed by atoms with E-state index < -0.39 is 24.1 Å². The summed E-state index contributed by atoms with van der Waals surface area (Å²) in [6, 6.07) is 0. The Morgan fingerprint density at radius 3 is 2.00 bits per heavy atom. The number of carbonyl (C=O) groups excluding carboxylic acids is 1. The number of hydrogen-bond acceptors (Lipinski definition) is 4. The van der Waals surface area contributed by atoms with Gasteiger partial charge in [-0.15, -0.1) is 0 Å². The molecule has 0 aromatic rings. The number of ether oxygens (including phenoxy) is 1. The van der Waals surface area contributed by atoms with Gasteiger partial charge >= 0.3 is 35.5 Å². The van der Waals surface area contributed by atoms with E-state index in [1.165, 1.54) is 0 Å². The summed E-state index contributed by atoms with van der Waals surface area (Å²) in [6.45, 7) is 0. The topological polar surface area (TPSA) is 90.0 Å². The molecule has 0 spiro atoms. The number of carbonyl (C=O) groups is 2. The van der Waals surface area contributed by atoms with Crippen molar-refractivity contribution in [3.05, 3.63) is 0 Å². The van der Waals surface area contributed by atoms with E-state index in [4.69, 9.17) is 5.11 Å². The van der Waals surface area contributed by atoms with Crippen LogP contribution >= 0.6 is 0 Å². The van der Waals surface area contributed by atoms with E-state index >= 15 is 0 Å². The molecule has 1 aliphatic heterocycles. The molecule has 1 rings (SSSR count). The molecule has 0 aromatic heterocycles. The maximum absolute atomic E-state index is 9.86. The third kappa shape index (κ3) is 1.95. The first-order valence-corrected chi connectivity index (χ1v) is 2.22. The molecule has 0 bridgehead atoms. The molecule has 2 atom stereocenters. The molecule has 0 amide bonds.